The molecule has 8 aromatic rings. The van der Waals surface area contributed by atoms with Gasteiger partial charge in [-0.2, -0.15) is 13.2 Å². The second kappa shape index (κ2) is 13.7. The third-order valence-corrected chi connectivity index (χ3v) is 14.4. The predicted molar refractivity (Wildman–Crippen MR) is 236 cm³/mol. The van der Waals surface area contributed by atoms with Gasteiger partial charge in [0.25, 0.3) is 0 Å². The van der Waals surface area contributed by atoms with Gasteiger partial charge in [0.05, 0.1) is 28.0 Å². The number of alkyl halides is 3. The van der Waals surface area contributed by atoms with Crippen molar-refractivity contribution in [3.05, 3.63) is 181 Å². The number of pyridine rings is 1. The first kappa shape index (κ1) is 36.3. The SMILES string of the molecule is FC(F)(F)c1ccc(N2CN(c3cccc(Oc4ccc5c6ccccc6n(-c6cc(C7(c8ccccc8)C8CC9CC(C8)CC7C9)ccn6)c5c4)c3)c3ccccc32)cc1. The number of para-hydroxylation sites is 3. The first-order valence-corrected chi connectivity index (χ1v) is 21.5. The first-order chi connectivity index (χ1) is 29.8. The molecule has 0 amide bonds. The van der Waals surface area contributed by atoms with E-state index in [1.54, 1.807) is 0 Å². The zero-order valence-electron chi connectivity index (χ0n) is 33.5. The number of anilines is 4. The zero-order valence-corrected chi connectivity index (χ0v) is 33.5. The van der Waals surface area contributed by atoms with E-state index < -0.39 is 11.7 Å². The van der Waals surface area contributed by atoms with Gasteiger partial charge >= 0.3 is 6.18 Å². The molecule has 0 N–H and O–H groups in total. The highest BCUT2D eigenvalue weighted by Crippen LogP contribution is 2.65. The van der Waals surface area contributed by atoms with Crippen LogP contribution >= 0.6 is 0 Å². The van der Waals surface area contributed by atoms with Crippen LogP contribution in [0.5, 0.6) is 11.5 Å². The zero-order chi connectivity index (χ0) is 40.9. The lowest BCUT2D eigenvalue weighted by atomic mass is 9.42. The van der Waals surface area contributed by atoms with Gasteiger partial charge in [0.1, 0.15) is 24.0 Å². The van der Waals surface area contributed by atoms with Gasteiger partial charge in [-0.3, -0.25) is 4.57 Å². The number of ether oxygens (including phenoxy) is 1. The smallest absolute Gasteiger partial charge is 0.416 e. The Bertz CT molecular complexity index is 2930. The number of fused-ring (bicyclic) bond motifs is 4. The van der Waals surface area contributed by atoms with Gasteiger partial charge in [-0.1, -0.05) is 66.7 Å². The van der Waals surface area contributed by atoms with Crippen LogP contribution in [-0.2, 0) is 11.6 Å². The van der Waals surface area contributed by atoms with Gasteiger partial charge in [-0.25, -0.2) is 4.98 Å². The molecule has 0 spiro atoms. The number of hydrogen-bond donors (Lipinski definition) is 0. The third kappa shape index (κ3) is 5.78. The number of hydrogen-bond acceptors (Lipinski definition) is 4. The Hall–Kier alpha value is -6.54. The Morgan fingerprint density at radius 2 is 1.20 bits per heavy atom. The van der Waals surface area contributed by atoms with Crippen LogP contribution in [0.3, 0.4) is 0 Å². The van der Waals surface area contributed by atoms with E-state index in [0.29, 0.717) is 35.7 Å². The van der Waals surface area contributed by atoms with Crippen LogP contribution in [0, 0.1) is 23.7 Å². The molecule has 13 rings (SSSR count). The van der Waals surface area contributed by atoms with Crippen molar-refractivity contribution in [2.45, 2.75) is 43.7 Å². The van der Waals surface area contributed by atoms with E-state index in [0.717, 1.165) is 68.7 Å². The van der Waals surface area contributed by atoms with Crippen LogP contribution in [0.15, 0.2) is 164 Å². The standard InChI is InChI=1S/C53H43F3N4O/c54-53(55,56)37-17-19-41(20-18-37)58-33-59(49-16-7-6-15-48(49)58)42-11-8-12-43(31-42)61-44-21-22-46-45-13-4-5-14-47(45)60(50(46)32-44)51-30-38(23-24-57-51)52(36-9-2-1-3-10-36)39-26-34-25-35(28-39)29-40(52)27-34/h1-24,30-32,34-35,39-40H,25-29,33H2. The minimum absolute atomic E-state index is 0.0327. The molecule has 1 aliphatic heterocycles. The van der Waals surface area contributed by atoms with E-state index in [9.17, 15) is 13.2 Å². The molecule has 4 saturated carbocycles. The van der Waals surface area contributed by atoms with Crippen LogP contribution in [0.2, 0.25) is 0 Å². The molecule has 0 unspecified atom stereocenters. The average Bonchev–Trinajstić information content (AvgIpc) is 3.83. The molecule has 5 aliphatic rings. The number of halogens is 3. The Morgan fingerprint density at radius 3 is 1.93 bits per heavy atom. The monoisotopic (exact) mass is 808 g/mol. The maximum Gasteiger partial charge on any atom is 0.416 e. The number of rotatable bonds is 7. The van der Waals surface area contributed by atoms with Gasteiger partial charge in [0.2, 0.25) is 0 Å². The van der Waals surface area contributed by atoms with Crippen molar-refractivity contribution in [3.8, 4) is 17.3 Å². The minimum atomic E-state index is -4.39. The van der Waals surface area contributed by atoms with Crippen LogP contribution in [0.25, 0.3) is 27.6 Å². The topological polar surface area (TPSA) is 33.5 Å². The van der Waals surface area contributed by atoms with Gasteiger partial charge in [0.15, 0.2) is 0 Å². The van der Waals surface area contributed by atoms with E-state index in [2.05, 4.69) is 88.3 Å². The summed E-state index contributed by atoms with van der Waals surface area (Å²) in [6, 6.07) is 52.2. The van der Waals surface area contributed by atoms with Crippen LogP contribution in [0.1, 0.15) is 48.8 Å². The lowest BCUT2D eigenvalue weighted by Gasteiger charge is -2.62. The molecule has 4 fully saturated rings. The highest BCUT2D eigenvalue weighted by atomic mass is 19.4. The summed E-state index contributed by atoms with van der Waals surface area (Å²) < 4.78 is 49.2. The van der Waals surface area contributed by atoms with Gasteiger partial charge in [-0.15, -0.1) is 0 Å². The van der Waals surface area contributed by atoms with E-state index in [1.807, 2.05) is 65.7 Å². The largest absolute Gasteiger partial charge is 0.457 e. The molecule has 8 heteroatoms. The molecule has 61 heavy (non-hydrogen) atoms. The maximum atomic E-state index is 13.4. The second-order valence-corrected chi connectivity index (χ2v) is 17.6. The van der Waals surface area contributed by atoms with Crippen molar-refractivity contribution in [3.63, 3.8) is 0 Å². The summed E-state index contributed by atoms with van der Waals surface area (Å²) in [6.07, 6.45) is 4.26. The minimum Gasteiger partial charge on any atom is -0.457 e. The summed E-state index contributed by atoms with van der Waals surface area (Å²) in [7, 11) is 0. The Balaban J connectivity index is 0.904. The van der Waals surface area contributed by atoms with E-state index in [-0.39, 0.29) is 5.41 Å². The number of nitrogens with zero attached hydrogens (tertiary/aromatic N) is 4. The van der Waals surface area contributed by atoms with Gasteiger partial charge in [0, 0.05) is 45.9 Å². The molecule has 4 aliphatic carbocycles. The van der Waals surface area contributed by atoms with Crippen molar-refractivity contribution in [1.29, 1.82) is 0 Å². The first-order valence-electron chi connectivity index (χ1n) is 21.5. The molecule has 5 nitrogen and oxygen atoms in total. The summed E-state index contributed by atoms with van der Waals surface area (Å²) in [4.78, 5) is 9.30. The Morgan fingerprint density at radius 1 is 0.541 bits per heavy atom. The van der Waals surface area contributed by atoms with Crippen LogP contribution in [-0.4, -0.2) is 16.2 Å². The molecule has 0 radical (unpaired) electrons. The lowest BCUT2D eigenvalue weighted by Crippen LogP contribution is -2.56. The molecule has 4 bridgehead atoms. The molecule has 2 aromatic heterocycles. The van der Waals surface area contributed by atoms with E-state index in [1.165, 1.54) is 55.4 Å². The second-order valence-electron chi connectivity index (χ2n) is 17.6. The highest BCUT2D eigenvalue weighted by molar-refractivity contribution is 6.09. The normalized spacial score (nSPS) is 22.9. The molecular weight excluding hydrogens is 766 g/mol. The summed E-state index contributed by atoms with van der Waals surface area (Å²) >= 11 is 0. The van der Waals surface area contributed by atoms with Crippen LogP contribution < -0.4 is 14.5 Å². The van der Waals surface area contributed by atoms with Crippen molar-refractivity contribution in [2.75, 3.05) is 16.5 Å². The summed E-state index contributed by atoms with van der Waals surface area (Å²) in [5, 5.41) is 2.30. The third-order valence-electron chi connectivity index (χ3n) is 14.4. The van der Waals surface area contributed by atoms with Crippen molar-refractivity contribution in [1.82, 2.24) is 9.55 Å². The molecule has 3 heterocycles. The summed E-state index contributed by atoms with van der Waals surface area (Å²) in [5.74, 6) is 5.25. The molecule has 0 saturated heterocycles. The van der Waals surface area contributed by atoms with Crippen molar-refractivity contribution < 1.29 is 17.9 Å². The number of benzene rings is 6. The molecule has 302 valence electrons. The maximum absolute atomic E-state index is 13.4. The highest BCUT2D eigenvalue weighted by Gasteiger charge is 2.58. The fraction of sp³-hybridized carbons (Fsp3) is 0.226. The Kier molecular flexibility index (Phi) is 8.18. The van der Waals surface area contributed by atoms with Crippen LogP contribution in [0.4, 0.5) is 35.9 Å². The Labute approximate surface area is 352 Å². The quantitative estimate of drug-likeness (QED) is 0.161. The predicted octanol–water partition coefficient (Wildman–Crippen LogP) is 14.0. The van der Waals surface area contributed by atoms with Gasteiger partial charge < -0.3 is 14.5 Å². The van der Waals surface area contributed by atoms with E-state index >= 15 is 0 Å². The summed E-state index contributed by atoms with van der Waals surface area (Å²) in [6.45, 7) is 0.431. The molecular formula is C53H43F3N4O. The molecule has 6 aromatic carbocycles. The fourth-order valence-corrected chi connectivity index (χ4v) is 12.1. The average molecular weight is 809 g/mol. The van der Waals surface area contributed by atoms with Gasteiger partial charge in [-0.05, 0) is 146 Å². The van der Waals surface area contributed by atoms with Crippen molar-refractivity contribution in [2.24, 2.45) is 23.7 Å². The van der Waals surface area contributed by atoms with Crippen molar-refractivity contribution >= 4 is 44.6 Å². The summed E-state index contributed by atoms with van der Waals surface area (Å²) in [5.41, 5.74) is 7.74. The van der Waals surface area contributed by atoms with E-state index in [4.69, 9.17) is 9.72 Å². The lowest BCUT2D eigenvalue weighted by molar-refractivity contribution is -0.137. The molecule has 0 atom stereocenters. The number of aromatic nitrogens is 2. The fourth-order valence-electron chi connectivity index (χ4n) is 12.1.